The van der Waals surface area contributed by atoms with E-state index >= 15 is 0 Å². The lowest BCUT2D eigenvalue weighted by Crippen LogP contribution is -2.53. The van der Waals surface area contributed by atoms with Crippen LogP contribution in [0.2, 0.25) is 5.02 Å². The molecular weight excluding hydrogens is 318 g/mol. The second kappa shape index (κ2) is 5.90. The predicted molar refractivity (Wildman–Crippen MR) is 82.7 cm³/mol. The van der Waals surface area contributed by atoms with Crippen molar-refractivity contribution in [2.45, 2.75) is 31.5 Å². The third-order valence-corrected chi connectivity index (χ3v) is 4.33. The van der Waals surface area contributed by atoms with Crippen molar-refractivity contribution in [1.82, 2.24) is 25.1 Å². The number of nitrogens with zero attached hydrogens (tertiary/aromatic N) is 5. The first-order chi connectivity index (χ1) is 11.2. The highest BCUT2D eigenvalue weighted by Crippen LogP contribution is 2.31. The molecule has 23 heavy (non-hydrogen) atoms. The Labute approximate surface area is 138 Å². The zero-order valence-electron chi connectivity index (χ0n) is 12.4. The van der Waals surface area contributed by atoms with E-state index in [0.29, 0.717) is 30.1 Å². The number of hydrogen-bond acceptors (Lipinski definition) is 5. The van der Waals surface area contributed by atoms with Gasteiger partial charge in [0.15, 0.2) is 0 Å². The Hall–Kier alpha value is -1.99. The van der Waals surface area contributed by atoms with Gasteiger partial charge in [0.25, 0.3) is 0 Å². The molecule has 0 radical (unpaired) electrons. The number of benzene rings is 1. The average molecular weight is 334 g/mol. The van der Waals surface area contributed by atoms with Gasteiger partial charge in [-0.1, -0.05) is 11.6 Å². The van der Waals surface area contributed by atoms with Crippen molar-refractivity contribution in [3.8, 4) is 11.4 Å². The van der Waals surface area contributed by atoms with Gasteiger partial charge in [-0.3, -0.25) is 4.79 Å². The standard InChI is InChI=1S/C15H16ClN5O2/c16-11-3-1-10(2-4-11)15-17-19-20(18-15)7-14(22)21(12-5-6-12)13-8-23-9-13/h1-4,12-13H,5-9H2. The summed E-state index contributed by atoms with van der Waals surface area (Å²) < 4.78 is 5.21. The van der Waals surface area contributed by atoms with Crippen LogP contribution in [0.25, 0.3) is 11.4 Å². The Morgan fingerprint density at radius 3 is 2.61 bits per heavy atom. The normalized spacial score (nSPS) is 17.8. The van der Waals surface area contributed by atoms with Crippen LogP contribution in [0, 0.1) is 0 Å². The molecule has 1 saturated carbocycles. The molecule has 1 aromatic carbocycles. The van der Waals surface area contributed by atoms with E-state index in [4.69, 9.17) is 16.3 Å². The number of hydrogen-bond donors (Lipinski definition) is 0. The van der Waals surface area contributed by atoms with Gasteiger partial charge in [-0.25, -0.2) is 0 Å². The minimum Gasteiger partial charge on any atom is -0.377 e. The maximum atomic E-state index is 12.5. The van der Waals surface area contributed by atoms with Gasteiger partial charge in [0.05, 0.1) is 19.3 Å². The number of rotatable bonds is 5. The highest BCUT2D eigenvalue weighted by molar-refractivity contribution is 6.30. The fourth-order valence-electron chi connectivity index (χ4n) is 2.67. The SMILES string of the molecule is O=C(Cn1nnc(-c2ccc(Cl)cc2)n1)N(C1CC1)C1COC1. The van der Waals surface area contributed by atoms with Gasteiger partial charge in [-0.05, 0) is 42.3 Å². The minimum atomic E-state index is 0.0286. The zero-order valence-corrected chi connectivity index (χ0v) is 13.2. The van der Waals surface area contributed by atoms with Gasteiger partial charge >= 0.3 is 0 Å². The van der Waals surface area contributed by atoms with Crippen molar-refractivity contribution in [1.29, 1.82) is 0 Å². The number of carbonyl (C=O) groups is 1. The first kappa shape index (κ1) is 14.6. The van der Waals surface area contributed by atoms with Gasteiger partial charge in [0, 0.05) is 16.6 Å². The molecule has 0 bridgehead atoms. The molecule has 7 nitrogen and oxygen atoms in total. The number of ether oxygens (including phenoxy) is 1. The number of aromatic nitrogens is 4. The van der Waals surface area contributed by atoms with E-state index in [1.54, 1.807) is 12.1 Å². The Balaban J connectivity index is 1.46. The third-order valence-electron chi connectivity index (χ3n) is 4.07. The second-order valence-electron chi connectivity index (χ2n) is 5.87. The third kappa shape index (κ3) is 3.07. The van der Waals surface area contributed by atoms with Crippen molar-refractivity contribution < 1.29 is 9.53 Å². The number of halogens is 1. The molecule has 0 atom stereocenters. The maximum Gasteiger partial charge on any atom is 0.246 e. The monoisotopic (exact) mass is 333 g/mol. The second-order valence-corrected chi connectivity index (χ2v) is 6.31. The van der Waals surface area contributed by atoms with E-state index in [1.165, 1.54) is 4.80 Å². The smallest absolute Gasteiger partial charge is 0.246 e. The molecule has 0 spiro atoms. The zero-order chi connectivity index (χ0) is 15.8. The molecule has 120 valence electrons. The highest BCUT2D eigenvalue weighted by Gasteiger charge is 2.40. The summed E-state index contributed by atoms with van der Waals surface area (Å²) >= 11 is 5.87. The summed E-state index contributed by atoms with van der Waals surface area (Å²) in [5.41, 5.74) is 0.819. The first-order valence-electron chi connectivity index (χ1n) is 7.63. The van der Waals surface area contributed by atoms with Crippen LogP contribution in [0.15, 0.2) is 24.3 Å². The molecule has 1 saturated heterocycles. The average Bonchev–Trinajstić information content (AvgIpc) is 3.22. The van der Waals surface area contributed by atoms with Gasteiger partial charge in [0.2, 0.25) is 11.7 Å². The molecule has 0 N–H and O–H groups in total. The Morgan fingerprint density at radius 1 is 1.26 bits per heavy atom. The van der Waals surface area contributed by atoms with E-state index in [0.717, 1.165) is 18.4 Å². The summed E-state index contributed by atoms with van der Waals surface area (Å²) in [6.07, 6.45) is 2.14. The topological polar surface area (TPSA) is 73.1 Å². The summed E-state index contributed by atoms with van der Waals surface area (Å²) in [5.74, 6) is 0.514. The number of tetrazole rings is 1. The molecule has 2 heterocycles. The molecule has 1 amide bonds. The Kier molecular flexibility index (Phi) is 3.74. The first-order valence-corrected chi connectivity index (χ1v) is 8.01. The molecule has 1 aromatic heterocycles. The number of carbonyl (C=O) groups excluding carboxylic acids is 1. The van der Waals surface area contributed by atoms with E-state index in [1.807, 2.05) is 17.0 Å². The molecule has 4 rings (SSSR count). The van der Waals surface area contributed by atoms with Crippen molar-refractivity contribution >= 4 is 17.5 Å². The fraction of sp³-hybridized carbons (Fsp3) is 0.467. The predicted octanol–water partition coefficient (Wildman–Crippen LogP) is 1.38. The van der Waals surface area contributed by atoms with E-state index in [9.17, 15) is 4.79 Å². The quantitative estimate of drug-likeness (QED) is 0.826. The summed E-state index contributed by atoms with van der Waals surface area (Å²) in [7, 11) is 0. The molecule has 0 unspecified atom stereocenters. The van der Waals surface area contributed by atoms with E-state index in [-0.39, 0.29) is 18.5 Å². The Morgan fingerprint density at radius 2 is 2.00 bits per heavy atom. The summed E-state index contributed by atoms with van der Waals surface area (Å²) in [4.78, 5) is 15.8. The number of amides is 1. The van der Waals surface area contributed by atoms with Crippen molar-refractivity contribution in [2.24, 2.45) is 0 Å². The van der Waals surface area contributed by atoms with Gasteiger partial charge in [0.1, 0.15) is 6.54 Å². The molecule has 1 aliphatic carbocycles. The highest BCUT2D eigenvalue weighted by atomic mass is 35.5. The van der Waals surface area contributed by atoms with Crippen molar-refractivity contribution in [3.05, 3.63) is 29.3 Å². The van der Waals surface area contributed by atoms with Crippen LogP contribution in [-0.2, 0) is 16.1 Å². The minimum absolute atomic E-state index is 0.0286. The molecule has 2 fully saturated rings. The van der Waals surface area contributed by atoms with Gasteiger partial charge < -0.3 is 9.64 Å². The lowest BCUT2D eigenvalue weighted by molar-refractivity contribution is -0.146. The van der Waals surface area contributed by atoms with Gasteiger partial charge in [-0.2, -0.15) is 4.80 Å². The van der Waals surface area contributed by atoms with Crippen molar-refractivity contribution in [2.75, 3.05) is 13.2 Å². The lowest BCUT2D eigenvalue weighted by Gasteiger charge is -2.37. The summed E-state index contributed by atoms with van der Waals surface area (Å²) in [6, 6.07) is 7.76. The molecule has 8 heteroatoms. The van der Waals surface area contributed by atoms with Crippen LogP contribution >= 0.6 is 11.6 Å². The molecule has 1 aliphatic heterocycles. The van der Waals surface area contributed by atoms with E-state index < -0.39 is 0 Å². The van der Waals surface area contributed by atoms with Crippen LogP contribution in [0.3, 0.4) is 0 Å². The molecule has 2 aliphatic rings. The van der Waals surface area contributed by atoms with Gasteiger partial charge in [-0.15, -0.1) is 10.2 Å². The van der Waals surface area contributed by atoms with Crippen LogP contribution < -0.4 is 0 Å². The van der Waals surface area contributed by atoms with Crippen LogP contribution in [0.1, 0.15) is 12.8 Å². The summed E-state index contributed by atoms with van der Waals surface area (Å²) in [5, 5.41) is 12.9. The maximum absolute atomic E-state index is 12.5. The van der Waals surface area contributed by atoms with Crippen LogP contribution in [0.5, 0.6) is 0 Å². The Bertz CT molecular complexity index is 709. The van der Waals surface area contributed by atoms with Crippen LogP contribution in [-0.4, -0.2) is 56.3 Å². The largest absolute Gasteiger partial charge is 0.377 e. The lowest BCUT2D eigenvalue weighted by atomic mass is 10.2. The van der Waals surface area contributed by atoms with Crippen LogP contribution in [0.4, 0.5) is 0 Å². The van der Waals surface area contributed by atoms with Crippen molar-refractivity contribution in [3.63, 3.8) is 0 Å². The molecule has 2 aromatic rings. The van der Waals surface area contributed by atoms with E-state index in [2.05, 4.69) is 15.4 Å². The summed E-state index contributed by atoms with van der Waals surface area (Å²) in [6.45, 7) is 1.36. The fourth-order valence-corrected chi connectivity index (χ4v) is 2.80. The molecular formula is C15H16ClN5O2.